The van der Waals surface area contributed by atoms with Gasteiger partial charge in [-0.2, -0.15) is 0 Å². The average molecular weight is 521 g/mol. The maximum absolute atomic E-state index is 13.4. The highest BCUT2D eigenvalue weighted by Crippen LogP contribution is 2.27. The first-order valence-corrected chi connectivity index (χ1v) is 12.8. The van der Waals surface area contributed by atoms with Crippen LogP contribution in [0.15, 0.2) is 47.6 Å². The van der Waals surface area contributed by atoms with Crippen molar-refractivity contribution in [1.82, 2.24) is 15.1 Å². The van der Waals surface area contributed by atoms with Gasteiger partial charge in [0.15, 0.2) is 0 Å². The highest BCUT2D eigenvalue weighted by molar-refractivity contribution is 6.10. The van der Waals surface area contributed by atoms with Crippen LogP contribution in [0.2, 0.25) is 0 Å². The Balaban J connectivity index is 1.79. The fourth-order valence-electron chi connectivity index (χ4n) is 4.21. The van der Waals surface area contributed by atoms with Gasteiger partial charge in [-0.1, -0.05) is 6.07 Å². The number of likely N-dealkylation sites (N-methyl/N-ethyl adjacent to an activating group) is 2. The molecule has 9 heteroatoms. The number of hydrogen-bond acceptors (Lipinski definition) is 7. The number of piperazine rings is 1. The van der Waals surface area contributed by atoms with Crippen molar-refractivity contribution < 1.29 is 14.3 Å². The number of anilines is 1. The third-order valence-electron chi connectivity index (χ3n) is 6.81. The minimum absolute atomic E-state index is 0.0279. The van der Waals surface area contributed by atoms with E-state index in [0.717, 1.165) is 48.6 Å². The number of nitrogens with one attached hydrogen (secondary N) is 1. The number of ether oxygens (including phenoxy) is 1. The summed E-state index contributed by atoms with van der Waals surface area (Å²) in [6, 6.07) is 11.5. The van der Waals surface area contributed by atoms with Gasteiger partial charge in [0.2, 0.25) is 5.91 Å². The predicted molar refractivity (Wildman–Crippen MR) is 154 cm³/mol. The monoisotopic (exact) mass is 520 g/mol. The number of nitrogens with zero attached hydrogens (tertiary/aromatic N) is 4. The van der Waals surface area contributed by atoms with Gasteiger partial charge in [-0.05, 0) is 67.9 Å². The quantitative estimate of drug-likeness (QED) is 0.493. The smallest absolute Gasteiger partial charge is 0.252 e. The number of rotatable bonds is 9. The van der Waals surface area contributed by atoms with E-state index in [1.54, 1.807) is 27.4 Å². The van der Waals surface area contributed by atoms with Crippen molar-refractivity contribution in [3.05, 3.63) is 64.9 Å². The Labute approximate surface area is 225 Å². The Bertz CT molecular complexity index is 1200. The number of carbonyl (C=O) groups is 2. The molecule has 2 aromatic carbocycles. The van der Waals surface area contributed by atoms with E-state index in [1.165, 1.54) is 11.1 Å². The molecule has 1 atom stereocenters. The van der Waals surface area contributed by atoms with Crippen molar-refractivity contribution in [2.45, 2.75) is 19.9 Å². The normalized spacial score (nSPS) is 15.4. The Morgan fingerprint density at radius 1 is 1.16 bits per heavy atom. The summed E-state index contributed by atoms with van der Waals surface area (Å²) < 4.78 is 5.52. The topological polar surface area (TPSA) is 104 Å². The number of methoxy groups -OCH3 is 1. The number of carbonyl (C=O) groups excluding carboxylic acids is 2. The number of allylic oxidation sites excluding steroid dienone is 1. The first-order chi connectivity index (χ1) is 18.1. The first kappa shape index (κ1) is 28.7. The van der Waals surface area contributed by atoms with Gasteiger partial charge in [-0.3, -0.25) is 14.6 Å². The standard InChI is InChI=1S/C29H40N6O3/c1-20-7-8-25(35-11-9-34(5)10-12-35)16-27(20)29(37)32-21(2)22-13-23(15-26(14-22)38-6)24(17-30)18-31-19-28(36)33(3)4/h7-8,13-18,21H,9-12,19,30H2,1-6H3,(H,32,37)/t21-/m1/s1. The summed E-state index contributed by atoms with van der Waals surface area (Å²) in [5, 5.41) is 3.14. The summed E-state index contributed by atoms with van der Waals surface area (Å²) in [4.78, 5) is 35.6. The minimum atomic E-state index is -0.297. The van der Waals surface area contributed by atoms with Gasteiger partial charge in [0, 0.05) is 69.5 Å². The van der Waals surface area contributed by atoms with E-state index < -0.39 is 0 Å². The second-order valence-electron chi connectivity index (χ2n) is 9.86. The molecule has 0 aromatic heterocycles. The summed E-state index contributed by atoms with van der Waals surface area (Å²) in [5.74, 6) is 0.393. The first-order valence-electron chi connectivity index (χ1n) is 12.8. The molecule has 1 saturated heterocycles. The number of amides is 2. The molecule has 38 heavy (non-hydrogen) atoms. The van der Waals surface area contributed by atoms with Gasteiger partial charge in [-0.15, -0.1) is 0 Å². The van der Waals surface area contributed by atoms with Crippen LogP contribution in [0.3, 0.4) is 0 Å². The number of hydrogen-bond donors (Lipinski definition) is 2. The molecule has 0 saturated carbocycles. The van der Waals surface area contributed by atoms with E-state index in [2.05, 4.69) is 33.2 Å². The molecule has 9 nitrogen and oxygen atoms in total. The van der Waals surface area contributed by atoms with E-state index in [0.29, 0.717) is 16.9 Å². The van der Waals surface area contributed by atoms with Crippen LogP contribution in [0.1, 0.15) is 40.0 Å². The lowest BCUT2D eigenvalue weighted by Gasteiger charge is -2.34. The lowest BCUT2D eigenvalue weighted by atomic mass is 9.99. The van der Waals surface area contributed by atoms with Crippen LogP contribution < -0.4 is 20.7 Å². The van der Waals surface area contributed by atoms with Crippen molar-refractivity contribution >= 4 is 29.3 Å². The lowest BCUT2D eigenvalue weighted by Crippen LogP contribution is -2.44. The zero-order valence-electron chi connectivity index (χ0n) is 23.3. The maximum Gasteiger partial charge on any atom is 0.252 e. The van der Waals surface area contributed by atoms with Crippen molar-refractivity contribution in [1.29, 1.82) is 0 Å². The second kappa shape index (κ2) is 13.1. The molecular weight excluding hydrogens is 480 g/mol. The third-order valence-corrected chi connectivity index (χ3v) is 6.81. The van der Waals surface area contributed by atoms with Crippen LogP contribution in [0.4, 0.5) is 5.69 Å². The zero-order chi connectivity index (χ0) is 27.8. The average Bonchev–Trinajstić information content (AvgIpc) is 2.91. The van der Waals surface area contributed by atoms with Crippen LogP contribution in [0, 0.1) is 6.92 Å². The Hall–Kier alpha value is -3.85. The Morgan fingerprint density at radius 3 is 2.50 bits per heavy atom. The van der Waals surface area contributed by atoms with E-state index in [4.69, 9.17) is 10.5 Å². The van der Waals surface area contributed by atoms with Crippen LogP contribution in [0.25, 0.3) is 5.57 Å². The van der Waals surface area contributed by atoms with E-state index in [-0.39, 0.29) is 24.4 Å². The van der Waals surface area contributed by atoms with Gasteiger partial charge in [-0.25, -0.2) is 0 Å². The molecule has 0 unspecified atom stereocenters. The molecule has 0 spiro atoms. The van der Waals surface area contributed by atoms with E-state index >= 15 is 0 Å². The molecule has 1 aliphatic heterocycles. The molecule has 1 heterocycles. The van der Waals surface area contributed by atoms with Crippen molar-refractivity contribution in [3.8, 4) is 5.75 Å². The third kappa shape index (κ3) is 7.35. The molecule has 1 aliphatic rings. The number of nitrogens with two attached hydrogens (primary N) is 1. The minimum Gasteiger partial charge on any atom is -0.497 e. The number of aliphatic imine (C=N–C) groups is 1. The molecule has 0 aliphatic carbocycles. The van der Waals surface area contributed by atoms with Gasteiger partial charge >= 0.3 is 0 Å². The zero-order valence-corrected chi connectivity index (χ0v) is 23.3. The second-order valence-corrected chi connectivity index (χ2v) is 9.86. The lowest BCUT2D eigenvalue weighted by molar-refractivity contribution is -0.127. The van der Waals surface area contributed by atoms with E-state index in [9.17, 15) is 9.59 Å². The molecule has 2 aromatic rings. The van der Waals surface area contributed by atoms with Crippen molar-refractivity contribution in [3.63, 3.8) is 0 Å². The molecule has 204 valence electrons. The molecule has 3 rings (SSSR count). The van der Waals surface area contributed by atoms with Gasteiger partial charge < -0.3 is 30.5 Å². The van der Waals surface area contributed by atoms with Crippen LogP contribution in [-0.4, -0.2) is 88.8 Å². The Morgan fingerprint density at radius 2 is 1.87 bits per heavy atom. The largest absolute Gasteiger partial charge is 0.497 e. The number of aryl methyl sites for hydroxylation is 1. The fraction of sp³-hybridized carbons (Fsp3) is 0.414. The maximum atomic E-state index is 13.4. The molecule has 0 bridgehead atoms. The van der Waals surface area contributed by atoms with Crippen LogP contribution in [0.5, 0.6) is 5.75 Å². The summed E-state index contributed by atoms with van der Waals surface area (Å²) in [7, 11) is 7.09. The highest BCUT2D eigenvalue weighted by atomic mass is 16.5. The SMILES string of the molecule is COc1cc(C(C=NCC(=O)N(C)C)=CN)cc([C@@H](C)NC(=O)c2cc(N3CCN(C)CC3)ccc2C)c1. The molecule has 1 fully saturated rings. The molecular formula is C29H40N6O3. The summed E-state index contributed by atoms with van der Waals surface area (Å²) in [5.41, 5.74) is 10.8. The Kier molecular flexibility index (Phi) is 9.90. The van der Waals surface area contributed by atoms with Crippen LogP contribution in [-0.2, 0) is 4.79 Å². The molecule has 0 radical (unpaired) electrons. The van der Waals surface area contributed by atoms with E-state index in [1.807, 2.05) is 44.2 Å². The highest BCUT2D eigenvalue weighted by Gasteiger charge is 2.19. The molecule has 2 amide bonds. The summed E-state index contributed by atoms with van der Waals surface area (Å²) >= 11 is 0. The van der Waals surface area contributed by atoms with Gasteiger partial charge in [0.25, 0.3) is 5.91 Å². The number of benzene rings is 2. The summed E-state index contributed by atoms with van der Waals surface area (Å²) in [6.45, 7) is 7.79. The van der Waals surface area contributed by atoms with Gasteiger partial charge in [0.1, 0.15) is 12.3 Å². The van der Waals surface area contributed by atoms with Crippen molar-refractivity contribution in [2.75, 3.05) is 65.9 Å². The summed E-state index contributed by atoms with van der Waals surface area (Å²) in [6.07, 6.45) is 3.02. The van der Waals surface area contributed by atoms with Gasteiger partial charge in [0.05, 0.1) is 13.2 Å². The fourth-order valence-corrected chi connectivity index (χ4v) is 4.21. The molecule has 3 N–H and O–H groups in total. The van der Waals surface area contributed by atoms with Crippen molar-refractivity contribution in [2.24, 2.45) is 10.7 Å². The van der Waals surface area contributed by atoms with Crippen LogP contribution >= 0.6 is 0 Å². The predicted octanol–water partition coefficient (Wildman–Crippen LogP) is 2.71.